The molecule has 0 atom stereocenters. The molecular formula is C21H21NO3S2. The van der Waals surface area contributed by atoms with Gasteiger partial charge in [-0.1, -0.05) is 60.4 Å². The van der Waals surface area contributed by atoms with Crippen LogP contribution >= 0.6 is 24.0 Å². The minimum absolute atomic E-state index is 0.0688. The normalized spacial score (nSPS) is 15.5. The van der Waals surface area contributed by atoms with Crippen molar-refractivity contribution in [2.45, 2.75) is 20.4 Å². The molecule has 2 aromatic carbocycles. The van der Waals surface area contributed by atoms with Gasteiger partial charge in [-0.3, -0.25) is 9.69 Å². The van der Waals surface area contributed by atoms with Gasteiger partial charge in [-0.05, 0) is 43.2 Å². The highest BCUT2D eigenvalue weighted by Gasteiger charge is 2.32. The third-order valence-corrected chi connectivity index (χ3v) is 5.30. The van der Waals surface area contributed by atoms with Crippen molar-refractivity contribution in [1.29, 1.82) is 0 Å². The Kier molecular flexibility index (Phi) is 6.53. The average molecular weight is 400 g/mol. The first-order valence-electron chi connectivity index (χ1n) is 8.81. The van der Waals surface area contributed by atoms with Crippen LogP contribution in [0.15, 0.2) is 53.4 Å². The highest BCUT2D eigenvalue weighted by molar-refractivity contribution is 8.26. The summed E-state index contributed by atoms with van der Waals surface area (Å²) in [7, 11) is 0. The van der Waals surface area contributed by atoms with Crippen LogP contribution in [0.4, 0.5) is 0 Å². The van der Waals surface area contributed by atoms with Crippen molar-refractivity contribution in [1.82, 2.24) is 4.90 Å². The van der Waals surface area contributed by atoms with E-state index in [9.17, 15) is 4.79 Å². The number of nitrogens with zero attached hydrogens (tertiary/aromatic N) is 1. The zero-order valence-electron chi connectivity index (χ0n) is 15.3. The van der Waals surface area contributed by atoms with Gasteiger partial charge in [0, 0.05) is 0 Å². The van der Waals surface area contributed by atoms with E-state index in [0.717, 1.165) is 11.1 Å². The van der Waals surface area contributed by atoms with E-state index in [-0.39, 0.29) is 5.91 Å². The van der Waals surface area contributed by atoms with Gasteiger partial charge in [0.05, 0.1) is 24.7 Å². The van der Waals surface area contributed by atoms with E-state index in [4.69, 9.17) is 21.7 Å². The van der Waals surface area contributed by atoms with E-state index in [0.29, 0.717) is 40.5 Å². The van der Waals surface area contributed by atoms with E-state index in [1.807, 2.05) is 68.5 Å². The molecule has 0 aromatic heterocycles. The maximum absolute atomic E-state index is 12.8. The Morgan fingerprint density at radius 2 is 1.74 bits per heavy atom. The molecular weight excluding hydrogens is 378 g/mol. The van der Waals surface area contributed by atoms with E-state index in [1.165, 1.54) is 11.8 Å². The lowest BCUT2D eigenvalue weighted by Crippen LogP contribution is -2.27. The Morgan fingerprint density at radius 1 is 1.04 bits per heavy atom. The van der Waals surface area contributed by atoms with E-state index >= 15 is 0 Å². The van der Waals surface area contributed by atoms with Crippen LogP contribution < -0.4 is 9.47 Å². The molecule has 0 spiro atoms. The molecule has 0 radical (unpaired) electrons. The van der Waals surface area contributed by atoms with Crippen LogP contribution in [0, 0.1) is 0 Å². The van der Waals surface area contributed by atoms with Crippen molar-refractivity contribution in [3.63, 3.8) is 0 Å². The summed E-state index contributed by atoms with van der Waals surface area (Å²) in [4.78, 5) is 15.0. The van der Waals surface area contributed by atoms with E-state index in [1.54, 1.807) is 4.90 Å². The number of rotatable bonds is 7. The highest BCUT2D eigenvalue weighted by atomic mass is 32.2. The van der Waals surface area contributed by atoms with Gasteiger partial charge in [-0.15, -0.1) is 0 Å². The van der Waals surface area contributed by atoms with Crippen LogP contribution in [0.25, 0.3) is 6.08 Å². The molecule has 0 aliphatic carbocycles. The number of hydrogen-bond donors (Lipinski definition) is 0. The van der Waals surface area contributed by atoms with Crippen molar-refractivity contribution >= 4 is 40.3 Å². The maximum Gasteiger partial charge on any atom is 0.266 e. The Labute approximate surface area is 169 Å². The lowest BCUT2D eigenvalue weighted by Gasteiger charge is -2.14. The number of benzene rings is 2. The van der Waals surface area contributed by atoms with Gasteiger partial charge in [-0.2, -0.15) is 0 Å². The van der Waals surface area contributed by atoms with Crippen LogP contribution in [-0.2, 0) is 11.3 Å². The van der Waals surface area contributed by atoms with Crippen molar-refractivity contribution in [3.05, 3.63) is 64.6 Å². The monoisotopic (exact) mass is 399 g/mol. The fourth-order valence-electron chi connectivity index (χ4n) is 2.71. The molecule has 1 aliphatic heterocycles. The predicted octanol–water partition coefficient (Wildman–Crippen LogP) is 4.89. The second-order valence-electron chi connectivity index (χ2n) is 5.83. The van der Waals surface area contributed by atoms with Crippen LogP contribution in [-0.4, -0.2) is 28.3 Å². The Morgan fingerprint density at radius 3 is 2.44 bits per heavy atom. The third-order valence-electron chi connectivity index (χ3n) is 3.92. The standard InChI is InChI=1S/C21H21NO3S2/c1-3-24-17-11-10-16(12-18(17)25-4-2)13-19-20(23)22(21(26)27-19)14-15-8-6-5-7-9-15/h5-13H,3-4,14H2,1-2H3/b19-13-. The Hall–Kier alpha value is -2.31. The molecule has 1 aliphatic rings. The minimum atomic E-state index is -0.0688. The van der Waals surface area contributed by atoms with Gasteiger partial charge < -0.3 is 9.47 Å². The smallest absolute Gasteiger partial charge is 0.266 e. The zero-order valence-corrected chi connectivity index (χ0v) is 16.9. The van der Waals surface area contributed by atoms with Crippen LogP contribution in [0.1, 0.15) is 25.0 Å². The summed E-state index contributed by atoms with van der Waals surface area (Å²) < 4.78 is 11.8. The predicted molar refractivity (Wildman–Crippen MR) is 114 cm³/mol. The number of thiocarbonyl (C=S) groups is 1. The summed E-state index contributed by atoms with van der Waals surface area (Å²) in [5, 5.41) is 0. The van der Waals surface area contributed by atoms with E-state index < -0.39 is 0 Å². The molecule has 0 bridgehead atoms. The van der Waals surface area contributed by atoms with Gasteiger partial charge in [-0.25, -0.2) is 0 Å². The third kappa shape index (κ3) is 4.70. The molecule has 0 N–H and O–H groups in total. The molecule has 2 aromatic rings. The molecule has 0 unspecified atom stereocenters. The summed E-state index contributed by atoms with van der Waals surface area (Å²) >= 11 is 6.74. The van der Waals surface area contributed by atoms with Crippen LogP contribution in [0.3, 0.4) is 0 Å². The first kappa shape index (κ1) is 19.5. The summed E-state index contributed by atoms with van der Waals surface area (Å²) in [6.07, 6.45) is 1.85. The Bertz CT molecular complexity index is 865. The van der Waals surface area contributed by atoms with Crippen molar-refractivity contribution in [3.8, 4) is 11.5 Å². The number of hydrogen-bond acceptors (Lipinski definition) is 5. The molecule has 1 fully saturated rings. The van der Waals surface area contributed by atoms with Crippen molar-refractivity contribution in [2.75, 3.05) is 13.2 Å². The second-order valence-corrected chi connectivity index (χ2v) is 7.50. The highest BCUT2D eigenvalue weighted by Crippen LogP contribution is 2.35. The first-order valence-corrected chi connectivity index (χ1v) is 10.0. The fourth-order valence-corrected chi connectivity index (χ4v) is 3.97. The number of carbonyl (C=O) groups excluding carboxylic acids is 1. The van der Waals surface area contributed by atoms with Gasteiger partial charge in [0.2, 0.25) is 0 Å². The zero-order chi connectivity index (χ0) is 19.2. The number of amides is 1. The molecule has 6 heteroatoms. The summed E-state index contributed by atoms with van der Waals surface area (Å²) in [5.41, 5.74) is 1.93. The molecule has 0 saturated carbocycles. The van der Waals surface area contributed by atoms with Crippen LogP contribution in [0.2, 0.25) is 0 Å². The number of ether oxygens (including phenoxy) is 2. The molecule has 1 amide bonds. The molecule has 27 heavy (non-hydrogen) atoms. The summed E-state index contributed by atoms with van der Waals surface area (Å²) in [6, 6.07) is 15.5. The largest absolute Gasteiger partial charge is 0.490 e. The molecule has 140 valence electrons. The average Bonchev–Trinajstić information content (AvgIpc) is 2.92. The van der Waals surface area contributed by atoms with Crippen LogP contribution in [0.5, 0.6) is 11.5 Å². The molecule has 4 nitrogen and oxygen atoms in total. The Balaban J connectivity index is 1.82. The van der Waals surface area contributed by atoms with E-state index in [2.05, 4.69) is 0 Å². The second kappa shape index (κ2) is 9.06. The SMILES string of the molecule is CCOc1ccc(/C=C2\SC(=S)N(Cc3ccccc3)C2=O)cc1OCC. The first-order chi connectivity index (χ1) is 13.1. The fraction of sp³-hybridized carbons (Fsp3) is 0.238. The summed E-state index contributed by atoms with van der Waals surface area (Å²) in [6.45, 7) is 5.45. The van der Waals surface area contributed by atoms with Crippen molar-refractivity contribution < 1.29 is 14.3 Å². The molecule has 3 rings (SSSR count). The molecule has 1 heterocycles. The minimum Gasteiger partial charge on any atom is -0.490 e. The molecule has 1 saturated heterocycles. The quantitative estimate of drug-likeness (QED) is 0.490. The lowest BCUT2D eigenvalue weighted by molar-refractivity contribution is -0.122. The topological polar surface area (TPSA) is 38.8 Å². The van der Waals surface area contributed by atoms with Gasteiger partial charge in [0.15, 0.2) is 11.5 Å². The summed E-state index contributed by atoms with van der Waals surface area (Å²) in [5.74, 6) is 1.31. The number of thioether (sulfide) groups is 1. The maximum atomic E-state index is 12.8. The van der Waals surface area contributed by atoms with Gasteiger partial charge in [0.1, 0.15) is 4.32 Å². The van der Waals surface area contributed by atoms with Gasteiger partial charge in [0.25, 0.3) is 5.91 Å². The van der Waals surface area contributed by atoms with Gasteiger partial charge >= 0.3 is 0 Å². The number of carbonyl (C=O) groups is 1. The lowest BCUT2D eigenvalue weighted by atomic mass is 10.1. The van der Waals surface area contributed by atoms with Crippen molar-refractivity contribution in [2.24, 2.45) is 0 Å².